The molecule has 0 atom stereocenters. The molecule has 7 heteroatoms. The molecule has 0 saturated carbocycles. The van der Waals surface area contributed by atoms with Crippen molar-refractivity contribution < 1.29 is 9.13 Å². The maximum atomic E-state index is 13.6. The summed E-state index contributed by atoms with van der Waals surface area (Å²) in [4.78, 5) is 7.73. The van der Waals surface area contributed by atoms with Crippen LogP contribution in [0.1, 0.15) is 5.69 Å². The van der Waals surface area contributed by atoms with Crippen LogP contribution in [0.5, 0.6) is 11.6 Å². The van der Waals surface area contributed by atoms with Crippen molar-refractivity contribution in [3.63, 3.8) is 0 Å². The third-order valence-electron chi connectivity index (χ3n) is 2.02. The number of nitrogens with zero attached hydrogens (tertiary/aromatic N) is 2. The molecule has 0 radical (unpaired) electrons. The third kappa shape index (κ3) is 2.62. The Hall–Kier alpha value is -2.02. The van der Waals surface area contributed by atoms with Gasteiger partial charge in [0.1, 0.15) is 5.84 Å². The highest BCUT2D eigenvalue weighted by atomic mass is 79.9. The first-order valence-electron chi connectivity index (χ1n) is 4.86. The minimum absolute atomic E-state index is 0.00813. The van der Waals surface area contributed by atoms with Crippen molar-refractivity contribution in [3.8, 4) is 11.6 Å². The number of ether oxygens (including phenoxy) is 1. The Balaban J connectivity index is 2.37. The normalized spacial score (nSPS) is 10.1. The first-order valence-corrected chi connectivity index (χ1v) is 5.65. The summed E-state index contributed by atoms with van der Waals surface area (Å²) in [5.74, 6) is -0.868. The summed E-state index contributed by atoms with van der Waals surface area (Å²) in [6.07, 6.45) is 2.75. The number of nitrogens with one attached hydrogen (secondary N) is 1. The lowest BCUT2D eigenvalue weighted by Gasteiger charge is -2.08. The van der Waals surface area contributed by atoms with Crippen LogP contribution in [-0.4, -0.2) is 15.8 Å². The molecule has 1 heterocycles. The minimum atomic E-state index is -0.551. The van der Waals surface area contributed by atoms with Crippen molar-refractivity contribution in [1.82, 2.24) is 9.97 Å². The second-order valence-electron chi connectivity index (χ2n) is 3.30. The molecule has 0 spiro atoms. The summed E-state index contributed by atoms with van der Waals surface area (Å²) >= 11 is 3.14. The molecule has 5 nitrogen and oxygen atoms in total. The highest BCUT2D eigenvalue weighted by molar-refractivity contribution is 9.10. The fourth-order valence-corrected chi connectivity index (χ4v) is 1.58. The van der Waals surface area contributed by atoms with Gasteiger partial charge < -0.3 is 10.5 Å². The van der Waals surface area contributed by atoms with Gasteiger partial charge in [-0.05, 0) is 18.2 Å². The van der Waals surface area contributed by atoms with E-state index in [0.29, 0.717) is 4.47 Å². The zero-order valence-electron chi connectivity index (χ0n) is 9.02. The molecule has 1 aromatic carbocycles. The number of aromatic nitrogens is 2. The van der Waals surface area contributed by atoms with Crippen LogP contribution < -0.4 is 10.5 Å². The monoisotopic (exact) mass is 310 g/mol. The van der Waals surface area contributed by atoms with Crippen LogP contribution in [0.25, 0.3) is 0 Å². The maximum Gasteiger partial charge on any atom is 0.249 e. The highest BCUT2D eigenvalue weighted by Gasteiger charge is 2.12. The van der Waals surface area contributed by atoms with E-state index in [4.69, 9.17) is 15.9 Å². The number of nitrogen functional groups attached to an aromatic ring is 1. The largest absolute Gasteiger partial charge is 0.434 e. The Morgan fingerprint density at radius 3 is 2.72 bits per heavy atom. The Kier molecular flexibility index (Phi) is 3.52. The van der Waals surface area contributed by atoms with Crippen LogP contribution in [0.4, 0.5) is 4.39 Å². The molecule has 3 N–H and O–H groups in total. The average molecular weight is 311 g/mol. The molecule has 0 unspecified atom stereocenters. The molecule has 18 heavy (non-hydrogen) atoms. The van der Waals surface area contributed by atoms with Gasteiger partial charge in [0.05, 0.1) is 0 Å². The Morgan fingerprint density at radius 2 is 2.06 bits per heavy atom. The van der Waals surface area contributed by atoms with Gasteiger partial charge in [-0.15, -0.1) is 0 Å². The molecular formula is C11H8BrFN4O. The van der Waals surface area contributed by atoms with Crippen LogP contribution in [0.2, 0.25) is 0 Å². The van der Waals surface area contributed by atoms with E-state index in [2.05, 4.69) is 25.9 Å². The van der Waals surface area contributed by atoms with Crippen molar-refractivity contribution in [3.05, 3.63) is 46.6 Å². The predicted molar refractivity (Wildman–Crippen MR) is 67.2 cm³/mol. The van der Waals surface area contributed by atoms with Gasteiger partial charge in [0, 0.05) is 16.9 Å². The Morgan fingerprint density at radius 1 is 1.33 bits per heavy atom. The van der Waals surface area contributed by atoms with Gasteiger partial charge in [-0.1, -0.05) is 15.9 Å². The minimum Gasteiger partial charge on any atom is -0.434 e. The van der Waals surface area contributed by atoms with Gasteiger partial charge in [-0.3, -0.25) is 5.41 Å². The number of benzene rings is 1. The third-order valence-corrected chi connectivity index (χ3v) is 2.51. The standard InChI is InChI=1S/C11H8BrFN4O/c12-6-1-2-8(7(13)5-6)18-11-9(10(14)15)16-3-4-17-11/h1-5H,(H3,14,15). The predicted octanol–water partition coefficient (Wildman–Crippen LogP) is 2.45. The van der Waals surface area contributed by atoms with Crippen molar-refractivity contribution in [2.75, 3.05) is 0 Å². The van der Waals surface area contributed by atoms with Gasteiger partial charge in [-0.2, -0.15) is 0 Å². The van der Waals surface area contributed by atoms with Gasteiger partial charge in [0.2, 0.25) is 5.88 Å². The maximum absolute atomic E-state index is 13.6. The topological polar surface area (TPSA) is 84.9 Å². The zero-order chi connectivity index (χ0) is 13.1. The fourth-order valence-electron chi connectivity index (χ4n) is 1.25. The summed E-state index contributed by atoms with van der Waals surface area (Å²) in [5.41, 5.74) is 5.40. The van der Waals surface area contributed by atoms with Crippen molar-refractivity contribution >= 4 is 21.8 Å². The summed E-state index contributed by atoms with van der Waals surface area (Å²) in [6.45, 7) is 0. The van der Waals surface area contributed by atoms with Gasteiger partial charge in [0.25, 0.3) is 0 Å². The smallest absolute Gasteiger partial charge is 0.249 e. The molecule has 0 aliphatic rings. The molecule has 0 amide bonds. The Bertz CT molecular complexity index is 605. The molecular weight excluding hydrogens is 303 g/mol. The van der Waals surface area contributed by atoms with Crippen LogP contribution in [0, 0.1) is 11.2 Å². The SMILES string of the molecule is N=C(N)c1nccnc1Oc1ccc(Br)cc1F. The zero-order valence-corrected chi connectivity index (χ0v) is 10.6. The van der Waals surface area contributed by atoms with Crippen LogP contribution in [-0.2, 0) is 0 Å². The van der Waals surface area contributed by atoms with E-state index in [1.54, 1.807) is 6.07 Å². The number of hydrogen-bond donors (Lipinski definition) is 2. The highest BCUT2D eigenvalue weighted by Crippen LogP contribution is 2.26. The van der Waals surface area contributed by atoms with E-state index in [9.17, 15) is 4.39 Å². The molecule has 0 aliphatic carbocycles. The van der Waals surface area contributed by atoms with E-state index in [-0.39, 0.29) is 23.2 Å². The van der Waals surface area contributed by atoms with E-state index < -0.39 is 5.82 Å². The van der Waals surface area contributed by atoms with Gasteiger partial charge >= 0.3 is 0 Å². The van der Waals surface area contributed by atoms with Crippen molar-refractivity contribution in [2.24, 2.45) is 5.73 Å². The quantitative estimate of drug-likeness (QED) is 0.673. The molecule has 2 rings (SSSR count). The van der Waals surface area contributed by atoms with Crippen LogP contribution in [0.3, 0.4) is 0 Å². The lowest BCUT2D eigenvalue weighted by Crippen LogP contribution is -2.15. The molecule has 0 fully saturated rings. The van der Waals surface area contributed by atoms with E-state index in [1.165, 1.54) is 24.5 Å². The summed E-state index contributed by atoms with van der Waals surface area (Å²) in [6, 6.07) is 4.33. The van der Waals surface area contributed by atoms with Crippen LogP contribution >= 0.6 is 15.9 Å². The molecule has 0 saturated heterocycles. The number of amidine groups is 1. The van der Waals surface area contributed by atoms with Gasteiger partial charge in [-0.25, -0.2) is 14.4 Å². The lowest BCUT2D eigenvalue weighted by molar-refractivity contribution is 0.424. The Labute approximate surface area is 110 Å². The van der Waals surface area contributed by atoms with Gasteiger partial charge in [0.15, 0.2) is 17.3 Å². The first-order chi connectivity index (χ1) is 8.58. The molecule has 0 bridgehead atoms. The second-order valence-corrected chi connectivity index (χ2v) is 4.22. The summed E-state index contributed by atoms with van der Waals surface area (Å²) in [7, 11) is 0. The van der Waals surface area contributed by atoms with Crippen molar-refractivity contribution in [1.29, 1.82) is 5.41 Å². The first kappa shape index (κ1) is 12.4. The van der Waals surface area contributed by atoms with E-state index in [0.717, 1.165) is 0 Å². The molecule has 2 aromatic rings. The number of rotatable bonds is 3. The number of halogens is 2. The van der Waals surface area contributed by atoms with E-state index >= 15 is 0 Å². The van der Waals surface area contributed by atoms with Crippen molar-refractivity contribution in [2.45, 2.75) is 0 Å². The average Bonchev–Trinajstić information content (AvgIpc) is 2.33. The molecule has 0 aliphatic heterocycles. The molecule has 92 valence electrons. The summed E-state index contributed by atoms with van der Waals surface area (Å²) < 4.78 is 19.4. The summed E-state index contributed by atoms with van der Waals surface area (Å²) in [5, 5.41) is 7.32. The fraction of sp³-hybridized carbons (Fsp3) is 0. The number of nitrogens with two attached hydrogens (primary N) is 1. The number of hydrogen-bond acceptors (Lipinski definition) is 4. The lowest BCUT2D eigenvalue weighted by atomic mass is 10.3. The molecule has 1 aromatic heterocycles. The second kappa shape index (κ2) is 5.09. The van der Waals surface area contributed by atoms with E-state index in [1.807, 2.05) is 0 Å². The van der Waals surface area contributed by atoms with Crippen LogP contribution in [0.15, 0.2) is 35.1 Å².